The van der Waals surface area contributed by atoms with E-state index in [0.717, 1.165) is 6.54 Å². The molecule has 0 aliphatic heterocycles. The average molecular weight is 165 g/mol. The highest BCUT2D eigenvalue weighted by molar-refractivity contribution is 5.75. The van der Waals surface area contributed by atoms with Gasteiger partial charge in [-0.3, -0.25) is 4.79 Å². The van der Waals surface area contributed by atoms with E-state index in [1.165, 1.54) is 11.4 Å². The molecule has 1 aromatic heterocycles. The lowest BCUT2D eigenvalue weighted by molar-refractivity contribution is -0.117. The summed E-state index contributed by atoms with van der Waals surface area (Å²) in [6.45, 7) is 6.58. The van der Waals surface area contributed by atoms with Crippen LogP contribution in [0.15, 0.2) is 12.1 Å². The molecule has 2 heteroatoms. The Labute approximate surface area is 73.2 Å². The fourth-order valence-corrected chi connectivity index (χ4v) is 1.32. The second kappa shape index (κ2) is 3.57. The van der Waals surface area contributed by atoms with Crippen molar-refractivity contribution in [2.24, 2.45) is 0 Å². The Morgan fingerprint density at radius 1 is 1.33 bits per heavy atom. The van der Waals surface area contributed by atoms with Crippen LogP contribution >= 0.6 is 0 Å². The number of hydrogen-bond acceptors (Lipinski definition) is 1. The first-order chi connectivity index (χ1) is 5.61. The van der Waals surface area contributed by atoms with Crippen LogP contribution in [0.5, 0.6) is 0 Å². The number of hydrogen-bond donors (Lipinski definition) is 0. The maximum atomic E-state index is 10.7. The Kier molecular flexibility index (Phi) is 2.69. The maximum absolute atomic E-state index is 10.7. The molecule has 66 valence electrons. The first kappa shape index (κ1) is 9.04. The normalized spacial score (nSPS) is 10.2. The van der Waals surface area contributed by atoms with Crippen LogP contribution in [0, 0.1) is 13.8 Å². The van der Waals surface area contributed by atoms with Crippen molar-refractivity contribution in [3.63, 3.8) is 0 Å². The first-order valence-electron chi connectivity index (χ1n) is 4.23. The summed E-state index contributed by atoms with van der Waals surface area (Å²) in [4.78, 5) is 10.7. The third-order valence-corrected chi connectivity index (χ3v) is 2.10. The molecule has 0 aromatic carbocycles. The largest absolute Gasteiger partial charge is 0.349 e. The highest BCUT2D eigenvalue weighted by atomic mass is 16.1. The summed E-state index contributed by atoms with van der Waals surface area (Å²) in [5.41, 5.74) is 2.46. The standard InChI is InChI=1S/C10H15NO/c1-8-4-5-9(2)11(8)7-6-10(3)12/h4-5H,6-7H2,1-3H3. The summed E-state index contributed by atoms with van der Waals surface area (Å²) in [5, 5.41) is 0. The summed E-state index contributed by atoms with van der Waals surface area (Å²) >= 11 is 0. The predicted octanol–water partition coefficient (Wildman–Crippen LogP) is 2.08. The van der Waals surface area contributed by atoms with E-state index in [1.54, 1.807) is 6.92 Å². The van der Waals surface area contributed by atoms with Gasteiger partial charge in [-0.15, -0.1) is 0 Å². The number of aromatic nitrogens is 1. The molecular weight excluding hydrogens is 150 g/mol. The van der Waals surface area contributed by atoms with Gasteiger partial charge in [-0.25, -0.2) is 0 Å². The molecule has 0 N–H and O–H groups in total. The van der Waals surface area contributed by atoms with Gasteiger partial charge >= 0.3 is 0 Å². The first-order valence-corrected chi connectivity index (χ1v) is 4.23. The van der Waals surface area contributed by atoms with Crippen molar-refractivity contribution in [3.8, 4) is 0 Å². The second-order valence-corrected chi connectivity index (χ2v) is 3.22. The Balaban J connectivity index is 2.68. The van der Waals surface area contributed by atoms with Crippen LogP contribution in [0.25, 0.3) is 0 Å². The molecule has 0 radical (unpaired) electrons. The lowest BCUT2D eigenvalue weighted by Crippen LogP contribution is -2.05. The van der Waals surface area contributed by atoms with Gasteiger partial charge in [-0.2, -0.15) is 0 Å². The number of ketones is 1. The Bertz CT molecular complexity index is 267. The zero-order valence-electron chi connectivity index (χ0n) is 7.92. The molecule has 0 atom stereocenters. The van der Waals surface area contributed by atoms with E-state index in [1.807, 2.05) is 0 Å². The number of Topliss-reactive ketones (excluding diaryl/α,β-unsaturated/α-hetero) is 1. The molecule has 1 rings (SSSR count). The van der Waals surface area contributed by atoms with E-state index in [0.29, 0.717) is 6.42 Å². The average Bonchev–Trinajstić information content (AvgIpc) is 2.28. The van der Waals surface area contributed by atoms with Crippen LogP contribution in [0.3, 0.4) is 0 Å². The molecule has 0 aliphatic carbocycles. The highest BCUT2D eigenvalue weighted by Gasteiger charge is 2.01. The van der Waals surface area contributed by atoms with Crippen molar-refractivity contribution in [1.82, 2.24) is 4.57 Å². The minimum Gasteiger partial charge on any atom is -0.349 e. The van der Waals surface area contributed by atoms with Gasteiger partial charge in [0, 0.05) is 24.4 Å². The highest BCUT2D eigenvalue weighted by Crippen LogP contribution is 2.07. The summed E-state index contributed by atoms with van der Waals surface area (Å²) in [5.74, 6) is 0.252. The SMILES string of the molecule is CC(=O)CCn1c(C)ccc1C. The molecule has 0 spiro atoms. The van der Waals surface area contributed by atoms with E-state index in [2.05, 4.69) is 30.5 Å². The smallest absolute Gasteiger partial charge is 0.131 e. The molecule has 12 heavy (non-hydrogen) atoms. The Morgan fingerprint density at radius 3 is 2.25 bits per heavy atom. The molecule has 1 heterocycles. The molecule has 0 unspecified atom stereocenters. The second-order valence-electron chi connectivity index (χ2n) is 3.22. The summed E-state index contributed by atoms with van der Waals surface area (Å²) in [7, 11) is 0. The summed E-state index contributed by atoms with van der Waals surface area (Å²) < 4.78 is 2.17. The molecule has 0 fully saturated rings. The lowest BCUT2D eigenvalue weighted by Gasteiger charge is -2.06. The van der Waals surface area contributed by atoms with E-state index in [9.17, 15) is 4.79 Å². The van der Waals surface area contributed by atoms with Gasteiger partial charge in [-0.1, -0.05) is 0 Å². The van der Waals surface area contributed by atoms with Crippen LogP contribution in [0.4, 0.5) is 0 Å². The van der Waals surface area contributed by atoms with Gasteiger partial charge in [0.25, 0.3) is 0 Å². The quantitative estimate of drug-likeness (QED) is 0.672. The van der Waals surface area contributed by atoms with Gasteiger partial charge in [0.15, 0.2) is 0 Å². The summed E-state index contributed by atoms with van der Waals surface area (Å²) in [6, 6.07) is 4.16. The monoisotopic (exact) mass is 165 g/mol. The minimum atomic E-state index is 0.252. The minimum absolute atomic E-state index is 0.252. The van der Waals surface area contributed by atoms with E-state index >= 15 is 0 Å². The Hall–Kier alpha value is -1.05. The fraction of sp³-hybridized carbons (Fsp3) is 0.500. The van der Waals surface area contributed by atoms with E-state index in [4.69, 9.17) is 0 Å². The molecule has 0 saturated carbocycles. The third kappa shape index (κ3) is 1.97. The van der Waals surface area contributed by atoms with Gasteiger partial charge in [0.2, 0.25) is 0 Å². The zero-order chi connectivity index (χ0) is 9.14. The van der Waals surface area contributed by atoms with Crippen molar-refractivity contribution < 1.29 is 4.79 Å². The van der Waals surface area contributed by atoms with Crippen LogP contribution in [0.2, 0.25) is 0 Å². The van der Waals surface area contributed by atoms with E-state index < -0.39 is 0 Å². The van der Waals surface area contributed by atoms with E-state index in [-0.39, 0.29) is 5.78 Å². The molecule has 2 nitrogen and oxygen atoms in total. The fourth-order valence-electron chi connectivity index (χ4n) is 1.32. The molecule has 0 bridgehead atoms. The van der Waals surface area contributed by atoms with Crippen LogP contribution in [0.1, 0.15) is 24.7 Å². The molecular formula is C10H15NO. The number of carbonyl (C=O) groups is 1. The number of rotatable bonds is 3. The van der Waals surface area contributed by atoms with Gasteiger partial charge < -0.3 is 4.57 Å². The van der Waals surface area contributed by atoms with Crippen molar-refractivity contribution in [1.29, 1.82) is 0 Å². The van der Waals surface area contributed by atoms with Gasteiger partial charge in [-0.05, 0) is 32.9 Å². The zero-order valence-corrected chi connectivity index (χ0v) is 7.92. The molecule has 1 aromatic rings. The van der Waals surface area contributed by atoms with Gasteiger partial charge in [0.05, 0.1) is 0 Å². The van der Waals surface area contributed by atoms with Crippen molar-refractivity contribution in [2.45, 2.75) is 33.7 Å². The predicted molar refractivity (Wildman–Crippen MR) is 49.2 cm³/mol. The number of carbonyl (C=O) groups excluding carboxylic acids is 1. The molecule has 0 amide bonds. The number of nitrogens with zero attached hydrogens (tertiary/aromatic N) is 1. The van der Waals surface area contributed by atoms with Crippen molar-refractivity contribution in [3.05, 3.63) is 23.5 Å². The van der Waals surface area contributed by atoms with Gasteiger partial charge in [0.1, 0.15) is 5.78 Å². The van der Waals surface area contributed by atoms with Crippen molar-refractivity contribution >= 4 is 5.78 Å². The van der Waals surface area contributed by atoms with Crippen molar-refractivity contribution in [2.75, 3.05) is 0 Å². The maximum Gasteiger partial charge on any atom is 0.131 e. The Morgan fingerprint density at radius 2 is 1.83 bits per heavy atom. The van der Waals surface area contributed by atoms with Crippen LogP contribution in [-0.4, -0.2) is 10.4 Å². The summed E-state index contributed by atoms with van der Waals surface area (Å²) in [6.07, 6.45) is 0.635. The number of aryl methyl sites for hydroxylation is 2. The third-order valence-electron chi connectivity index (χ3n) is 2.10. The van der Waals surface area contributed by atoms with Crippen LogP contribution in [-0.2, 0) is 11.3 Å². The lowest BCUT2D eigenvalue weighted by atomic mass is 10.3. The molecule has 0 saturated heterocycles. The van der Waals surface area contributed by atoms with Crippen LogP contribution < -0.4 is 0 Å². The molecule has 0 aliphatic rings. The topological polar surface area (TPSA) is 22.0 Å².